The maximum absolute atomic E-state index is 10.0. The molecule has 0 amide bonds. The highest BCUT2D eigenvalue weighted by molar-refractivity contribution is 4.28. The van der Waals surface area contributed by atoms with Gasteiger partial charge in [0.05, 0.1) is 6.61 Å². The van der Waals surface area contributed by atoms with Crippen LogP contribution >= 0.6 is 0 Å². The van der Waals surface area contributed by atoms with Gasteiger partial charge in [-0.05, 0) is 6.92 Å². The molecule has 0 aliphatic carbocycles. The molecular weight excluding hydrogens is 94.0 g/mol. The highest BCUT2D eigenvalue weighted by atomic mass is 16.6. The fraction of sp³-hybridized carbons (Fsp3) is 1.00. The molecule has 0 rings (SSSR count). The topological polar surface area (TPSA) is 55.1 Å². The van der Waals surface area contributed by atoms with E-state index in [4.69, 9.17) is 5.73 Å². The summed E-state index contributed by atoms with van der Waals surface area (Å²) >= 11 is 0. The van der Waals surface area contributed by atoms with Gasteiger partial charge in [-0.15, -0.1) is 0 Å². The Bertz CT molecular complexity index is 38.7. The average molecular weight is 104 g/mol. The smallest absolute Gasteiger partial charge is 0.188 e. The van der Waals surface area contributed by atoms with Crippen molar-refractivity contribution in [2.45, 2.75) is 13.2 Å². The second-order valence-corrected chi connectivity index (χ2v) is 1.23. The van der Waals surface area contributed by atoms with Gasteiger partial charge in [0, 0.05) is 6.54 Å². The molecule has 0 bridgehead atoms. The Kier molecular flexibility index (Phi) is 3.98. The van der Waals surface area contributed by atoms with Crippen LogP contribution in [0.4, 0.5) is 0 Å². The molecule has 2 N–H and O–H groups in total. The van der Waals surface area contributed by atoms with Crippen molar-refractivity contribution in [3.05, 3.63) is 0 Å². The van der Waals surface area contributed by atoms with E-state index < -0.39 is 6.29 Å². The van der Waals surface area contributed by atoms with Gasteiger partial charge in [0.1, 0.15) is 0 Å². The molecule has 0 heterocycles. The number of hydrogen-bond acceptors (Lipinski definition) is 2. The third-order valence-corrected chi connectivity index (χ3v) is 0.470. The van der Waals surface area contributed by atoms with E-state index >= 15 is 0 Å². The molecule has 0 aromatic rings. The maximum atomic E-state index is 10.0. The van der Waals surface area contributed by atoms with Crippen molar-refractivity contribution in [2.75, 3.05) is 13.2 Å². The molecule has 1 atom stereocenters. The van der Waals surface area contributed by atoms with E-state index in [1.165, 1.54) is 6.92 Å². The van der Waals surface area contributed by atoms with Crippen molar-refractivity contribution in [1.82, 2.24) is 0 Å². The van der Waals surface area contributed by atoms with E-state index in [1.807, 2.05) is 0 Å². The first-order valence-electron chi connectivity index (χ1n) is 2.25. The molecule has 0 aromatic carbocycles. The Balaban J connectivity index is 2.68. The second-order valence-electron chi connectivity index (χ2n) is 1.23. The Morgan fingerprint density at radius 2 is 2.43 bits per heavy atom. The summed E-state index contributed by atoms with van der Waals surface area (Å²) in [5, 5.41) is 10.0. The van der Waals surface area contributed by atoms with E-state index in [2.05, 4.69) is 4.74 Å². The first kappa shape index (κ1) is 6.88. The van der Waals surface area contributed by atoms with Gasteiger partial charge in [-0.3, -0.25) is 0 Å². The molecule has 43 valence electrons. The summed E-state index contributed by atoms with van der Waals surface area (Å²) in [6, 6.07) is 0. The van der Waals surface area contributed by atoms with Crippen molar-refractivity contribution >= 4 is 0 Å². The minimum atomic E-state index is -0.927. The first-order valence-corrected chi connectivity index (χ1v) is 2.25. The van der Waals surface area contributed by atoms with Gasteiger partial charge >= 0.3 is 0 Å². The van der Waals surface area contributed by atoms with Crippen LogP contribution in [0.15, 0.2) is 0 Å². The fourth-order valence-corrected chi connectivity index (χ4v) is 0.234. The number of ether oxygens (including phenoxy) is 1. The van der Waals surface area contributed by atoms with E-state index in [9.17, 15) is 5.11 Å². The van der Waals surface area contributed by atoms with Gasteiger partial charge in [0.25, 0.3) is 0 Å². The van der Waals surface area contributed by atoms with Crippen LogP contribution in [0.1, 0.15) is 6.92 Å². The van der Waals surface area contributed by atoms with Gasteiger partial charge in [-0.2, -0.15) is 0 Å². The normalized spacial score (nSPS) is 14.1. The Morgan fingerprint density at radius 1 is 1.86 bits per heavy atom. The Morgan fingerprint density at radius 3 is 2.57 bits per heavy atom. The predicted molar refractivity (Wildman–Crippen MR) is 25.2 cm³/mol. The minimum absolute atomic E-state index is 0.366. The lowest BCUT2D eigenvalue weighted by molar-refractivity contribution is -0.124. The zero-order valence-electron chi connectivity index (χ0n) is 4.39. The van der Waals surface area contributed by atoms with Crippen LogP contribution in [-0.2, 0) is 9.84 Å². The monoisotopic (exact) mass is 104 g/mol. The van der Waals surface area contributed by atoms with Crippen molar-refractivity contribution in [1.29, 1.82) is 0 Å². The SMILES string of the molecule is CC([O])OCCN. The average Bonchev–Trinajstić information content (AvgIpc) is 1.61. The molecule has 0 saturated carbocycles. The summed E-state index contributed by atoms with van der Waals surface area (Å²) in [5.41, 5.74) is 5.01. The fourth-order valence-electron chi connectivity index (χ4n) is 0.234. The zero-order chi connectivity index (χ0) is 5.70. The Hall–Kier alpha value is -0.120. The molecule has 1 radical (unpaired) electrons. The summed E-state index contributed by atoms with van der Waals surface area (Å²) in [6.45, 7) is 2.23. The lowest BCUT2D eigenvalue weighted by Gasteiger charge is -1.99. The molecular formula is C4H10NO2. The van der Waals surface area contributed by atoms with Crippen molar-refractivity contribution in [2.24, 2.45) is 5.73 Å². The van der Waals surface area contributed by atoms with Crippen LogP contribution in [-0.4, -0.2) is 19.4 Å². The van der Waals surface area contributed by atoms with Crippen LogP contribution in [0.3, 0.4) is 0 Å². The van der Waals surface area contributed by atoms with Crippen LogP contribution in [0.2, 0.25) is 0 Å². The summed E-state index contributed by atoms with van der Waals surface area (Å²) < 4.78 is 4.51. The molecule has 3 nitrogen and oxygen atoms in total. The molecule has 0 fully saturated rings. The largest absolute Gasteiger partial charge is 0.349 e. The number of hydrogen-bond donors (Lipinski definition) is 1. The predicted octanol–water partition coefficient (Wildman–Crippen LogP) is -0.262. The molecule has 0 spiro atoms. The van der Waals surface area contributed by atoms with E-state index in [0.717, 1.165) is 0 Å². The first-order chi connectivity index (χ1) is 3.27. The molecule has 1 unspecified atom stereocenters. The Labute approximate surface area is 43.1 Å². The standard InChI is InChI=1S/C4H10NO2/c1-4(6)7-3-2-5/h4H,2-3,5H2,1H3. The summed E-state index contributed by atoms with van der Waals surface area (Å²) in [7, 11) is 0. The van der Waals surface area contributed by atoms with Gasteiger partial charge < -0.3 is 10.5 Å². The van der Waals surface area contributed by atoms with Crippen molar-refractivity contribution < 1.29 is 9.84 Å². The van der Waals surface area contributed by atoms with Crippen LogP contribution in [0.25, 0.3) is 0 Å². The lowest BCUT2D eigenvalue weighted by atomic mass is 10.7. The molecule has 0 aliphatic heterocycles. The van der Waals surface area contributed by atoms with Crippen molar-refractivity contribution in [3.8, 4) is 0 Å². The quantitative estimate of drug-likeness (QED) is 0.501. The third-order valence-electron chi connectivity index (χ3n) is 0.470. The molecule has 0 saturated heterocycles. The van der Waals surface area contributed by atoms with Gasteiger partial charge in [-0.25, -0.2) is 5.11 Å². The molecule has 0 aliphatic rings. The second kappa shape index (κ2) is 4.05. The van der Waals surface area contributed by atoms with Crippen LogP contribution in [0, 0.1) is 0 Å². The highest BCUT2D eigenvalue weighted by Crippen LogP contribution is 1.80. The van der Waals surface area contributed by atoms with Gasteiger partial charge in [-0.1, -0.05) is 0 Å². The summed E-state index contributed by atoms with van der Waals surface area (Å²) in [4.78, 5) is 0. The molecule has 0 aromatic heterocycles. The number of nitrogens with two attached hydrogens (primary N) is 1. The molecule has 7 heavy (non-hydrogen) atoms. The van der Waals surface area contributed by atoms with E-state index in [1.54, 1.807) is 0 Å². The lowest BCUT2D eigenvalue weighted by Crippen LogP contribution is -2.13. The maximum Gasteiger partial charge on any atom is 0.188 e. The molecule has 3 heteroatoms. The van der Waals surface area contributed by atoms with Gasteiger partial charge in [0.2, 0.25) is 0 Å². The van der Waals surface area contributed by atoms with Crippen molar-refractivity contribution in [3.63, 3.8) is 0 Å². The van der Waals surface area contributed by atoms with Crippen LogP contribution in [0.5, 0.6) is 0 Å². The van der Waals surface area contributed by atoms with Gasteiger partial charge in [0.15, 0.2) is 6.29 Å². The van der Waals surface area contributed by atoms with E-state index in [0.29, 0.717) is 13.2 Å². The van der Waals surface area contributed by atoms with Crippen LogP contribution < -0.4 is 5.73 Å². The minimum Gasteiger partial charge on any atom is -0.349 e. The summed E-state index contributed by atoms with van der Waals surface area (Å²) in [5.74, 6) is 0. The zero-order valence-corrected chi connectivity index (χ0v) is 4.39. The highest BCUT2D eigenvalue weighted by Gasteiger charge is 1.91. The van der Waals surface area contributed by atoms with E-state index in [-0.39, 0.29) is 0 Å². The number of rotatable bonds is 3. The third kappa shape index (κ3) is 5.88. The summed E-state index contributed by atoms with van der Waals surface area (Å²) in [6.07, 6.45) is -0.927.